The minimum Gasteiger partial charge on any atom is -0.393 e. The smallest absolute Gasteiger partial charge is 0.137 e. The van der Waals surface area contributed by atoms with Gasteiger partial charge in [0.05, 0.1) is 6.10 Å². The van der Waals surface area contributed by atoms with Crippen molar-refractivity contribution in [3.8, 4) is 0 Å². The molecule has 0 aromatic carbocycles. The second kappa shape index (κ2) is 4.91. The zero-order chi connectivity index (χ0) is 16.6. The normalized spacial score (nSPS) is 56.0. The van der Waals surface area contributed by atoms with Gasteiger partial charge in [-0.15, -0.1) is 0 Å². The van der Waals surface area contributed by atoms with E-state index in [4.69, 9.17) is 0 Å². The van der Waals surface area contributed by atoms with Crippen molar-refractivity contribution >= 4 is 11.6 Å². The van der Waals surface area contributed by atoms with E-state index in [2.05, 4.69) is 20.8 Å². The van der Waals surface area contributed by atoms with E-state index in [1.165, 1.54) is 0 Å². The van der Waals surface area contributed by atoms with Gasteiger partial charge >= 0.3 is 0 Å². The summed E-state index contributed by atoms with van der Waals surface area (Å²) in [5.74, 6) is 2.34. The molecule has 4 aliphatic rings. The number of fused-ring (bicyclic) bond motifs is 5. The lowest BCUT2D eigenvalue weighted by Crippen LogP contribution is -2.59. The van der Waals surface area contributed by atoms with Crippen LogP contribution in [0.2, 0.25) is 0 Å². The van der Waals surface area contributed by atoms with Gasteiger partial charge < -0.3 is 5.11 Å². The molecule has 8 atom stereocenters. The average Bonchev–Trinajstić information content (AvgIpc) is 2.78. The Morgan fingerprint density at radius 1 is 1.00 bits per heavy atom. The molecule has 0 heterocycles. The third-order valence-electron chi connectivity index (χ3n) is 8.79. The molecule has 3 nitrogen and oxygen atoms in total. The highest BCUT2D eigenvalue weighted by Crippen LogP contribution is 2.66. The molecule has 4 aliphatic carbocycles. The van der Waals surface area contributed by atoms with Crippen LogP contribution < -0.4 is 0 Å². The summed E-state index contributed by atoms with van der Waals surface area (Å²) < 4.78 is 0. The van der Waals surface area contributed by atoms with Crippen LogP contribution in [0.4, 0.5) is 0 Å². The van der Waals surface area contributed by atoms with Gasteiger partial charge in [-0.05, 0) is 60.2 Å². The van der Waals surface area contributed by atoms with Crippen LogP contribution in [0.3, 0.4) is 0 Å². The molecule has 1 N–H and O–H groups in total. The number of hydrogen-bond donors (Lipinski definition) is 1. The summed E-state index contributed by atoms with van der Waals surface area (Å²) in [6.07, 6.45) is 5.75. The molecule has 0 aromatic heterocycles. The molecule has 0 aromatic rings. The molecule has 3 heteroatoms. The maximum Gasteiger partial charge on any atom is 0.137 e. The summed E-state index contributed by atoms with van der Waals surface area (Å²) in [7, 11) is 0. The SMILES string of the molecule is C[C@H]1CC(=O)C[C@@H]2C(=O)C[C@H]3[C@@H]4CC[C@H](O)[C@@]4(C)CC[C@@H]3[C@]21C. The Bertz CT molecular complexity index is 555. The largest absolute Gasteiger partial charge is 0.393 e. The molecule has 0 bridgehead atoms. The van der Waals surface area contributed by atoms with Crippen molar-refractivity contribution in [2.75, 3.05) is 0 Å². The molecule has 4 rings (SSSR count). The number of aliphatic hydroxyl groups is 1. The van der Waals surface area contributed by atoms with Crippen molar-refractivity contribution in [3.63, 3.8) is 0 Å². The minimum atomic E-state index is -0.195. The highest BCUT2D eigenvalue weighted by molar-refractivity contribution is 5.91. The Morgan fingerprint density at radius 3 is 2.48 bits per heavy atom. The highest BCUT2D eigenvalue weighted by Gasteiger charge is 2.63. The first-order valence-corrected chi connectivity index (χ1v) is 9.51. The molecular weight excluding hydrogens is 288 g/mol. The van der Waals surface area contributed by atoms with Gasteiger partial charge in [-0.25, -0.2) is 0 Å². The van der Waals surface area contributed by atoms with Gasteiger partial charge in [0.25, 0.3) is 0 Å². The van der Waals surface area contributed by atoms with Gasteiger partial charge in [-0.1, -0.05) is 20.8 Å². The quantitative estimate of drug-likeness (QED) is 0.745. The second-order valence-corrected chi connectivity index (χ2v) is 9.45. The number of Topliss-reactive ketones (excluding diaryl/α,β-unsaturated/α-hetero) is 2. The van der Waals surface area contributed by atoms with E-state index in [9.17, 15) is 14.7 Å². The van der Waals surface area contributed by atoms with Crippen LogP contribution in [0.25, 0.3) is 0 Å². The van der Waals surface area contributed by atoms with Crippen LogP contribution in [-0.4, -0.2) is 22.8 Å². The maximum atomic E-state index is 12.9. The molecule has 0 spiro atoms. The maximum absolute atomic E-state index is 12.9. The fourth-order valence-electron chi connectivity index (χ4n) is 7.21. The van der Waals surface area contributed by atoms with E-state index in [0.29, 0.717) is 48.7 Å². The first-order chi connectivity index (χ1) is 10.8. The van der Waals surface area contributed by atoms with Crippen LogP contribution in [0.1, 0.15) is 65.7 Å². The molecule has 0 saturated heterocycles. The molecular formula is C20H30O3. The Hall–Kier alpha value is -0.700. The number of aliphatic hydroxyl groups excluding tert-OH is 1. The lowest BCUT2D eigenvalue weighted by molar-refractivity contribution is -0.168. The fraction of sp³-hybridized carbons (Fsp3) is 0.900. The Kier molecular flexibility index (Phi) is 3.37. The van der Waals surface area contributed by atoms with Gasteiger partial charge in [-0.2, -0.15) is 0 Å². The van der Waals surface area contributed by atoms with Crippen molar-refractivity contribution < 1.29 is 14.7 Å². The van der Waals surface area contributed by atoms with Crippen LogP contribution in [0.5, 0.6) is 0 Å². The van der Waals surface area contributed by atoms with Crippen LogP contribution in [0.15, 0.2) is 0 Å². The molecule has 0 radical (unpaired) electrons. The Balaban J connectivity index is 1.73. The molecule has 0 aliphatic heterocycles. The number of ketones is 2. The summed E-state index contributed by atoms with van der Waals surface area (Å²) in [5, 5.41) is 10.5. The molecule has 23 heavy (non-hydrogen) atoms. The second-order valence-electron chi connectivity index (χ2n) is 9.45. The van der Waals surface area contributed by atoms with Crippen LogP contribution >= 0.6 is 0 Å². The van der Waals surface area contributed by atoms with Crippen molar-refractivity contribution in [1.82, 2.24) is 0 Å². The predicted molar refractivity (Wildman–Crippen MR) is 87.7 cm³/mol. The first-order valence-electron chi connectivity index (χ1n) is 9.51. The van der Waals surface area contributed by atoms with Gasteiger partial charge in [0.15, 0.2) is 0 Å². The van der Waals surface area contributed by atoms with E-state index in [1.54, 1.807) is 0 Å². The lowest BCUT2D eigenvalue weighted by atomic mass is 9.43. The van der Waals surface area contributed by atoms with Gasteiger partial charge in [0, 0.05) is 25.2 Å². The zero-order valence-electron chi connectivity index (χ0n) is 14.7. The Labute approximate surface area is 139 Å². The van der Waals surface area contributed by atoms with E-state index >= 15 is 0 Å². The first kappa shape index (κ1) is 15.8. The van der Waals surface area contributed by atoms with E-state index in [0.717, 1.165) is 25.7 Å². The number of carbonyl (C=O) groups is 2. The van der Waals surface area contributed by atoms with Crippen molar-refractivity contribution in [2.45, 2.75) is 71.8 Å². The minimum absolute atomic E-state index is 0.0111. The number of rotatable bonds is 0. The number of carbonyl (C=O) groups excluding carboxylic acids is 2. The summed E-state index contributed by atoms with van der Waals surface area (Å²) in [6, 6.07) is 0. The lowest BCUT2D eigenvalue weighted by Gasteiger charge is -2.61. The monoisotopic (exact) mass is 318 g/mol. The summed E-state index contributed by atoms with van der Waals surface area (Å²) in [6.45, 7) is 6.74. The third kappa shape index (κ3) is 1.92. The predicted octanol–water partition coefficient (Wildman–Crippen LogP) is 3.38. The molecule has 0 amide bonds. The molecule has 0 unspecified atom stereocenters. The van der Waals surface area contributed by atoms with Gasteiger partial charge in [0.2, 0.25) is 0 Å². The third-order valence-corrected chi connectivity index (χ3v) is 8.79. The van der Waals surface area contributed by atoms with Crippen molar-refractivity contribution in [2.24, 2.45) is 40.4 Å². The topological polar surface area (TPSA) is 54.4 Å². The standard InChI is InChI=1S/C20H30O3/c1-11-8-12(21)9-16-17(22)10-13-14-4-5-18(23)19(14,2)7-6-15(13)20(11,16)3/h11,13-16,18,23H,4-10H2,1-3H3/t11-,13-,14-,15-,16+,18-,19-,20+/m0/s1. The summed E-state index contributed by atoms with van der Waals surface area (Å²) in [4.78, 5) is 25.0. The van der Waals surface area contributed by atoms with Gasteiger partial charge in [-0.3, -0.25) is 9.59 Å². The molecule has 4 fully saturated rings. The number of hydrogen-bond acceptors (Lipinski definition) is 3. The zero-order valence-corrected chi connectivity index (χ0v) is 14.7. The summed E-state index contributed by atoms with van der Waals surface area (Å²) >= 11 is 0. The summed E-state index contributed by atoms with van der Waals surface area (Å²) in [5.41, 5.74) is 0.00114. The average molecular weight is 318 g/mol. The van der Waals surface area contributed by atoms with Crippen LogP contribution in [0, 0.1) is 40.4 Å². The van der Waals surface area contributed by atoms with Crippen molar-refractivity contribution in [3.05, 3.63) is 0 Å². The molecule has 4 saturated carbocycles. The van der Waals surface area contributed by atoms with E-state index < -0.39 is 0 Å². The highest BCUT2D eigenvalue weighted by atomic mass is 16.3. The Morgan fingerprint density at radius 2 is 1.74 bits per heavy atom. The van der Waals surface area contributed by atoms with E-state index in [1.807, 2.05) is 0 Å². The van der Waals surface area contributed by atoms with Gasteiger partial charge in [0.1, 0.15) is 11.6 Å². The fourth-order valence-corrected chi connectivity index (χ4v) is 7.21. The van der Waals surface area contributed by atoms with Crippen LogP contribution in [-0.2, 0) is 9.59 Å². The molecule has 128 valence electrons. The van der Waals surface area contributed by atoms with Crippen molar-refractivity contribution in [1.29, 1.82) is 0 Å². The van der Waals surface area contributed by atoms with E-state index in [-0.39, 0.29) is 28.6 Å².